The van der Waals surface area contributed by atoms with Gasteiger partial charge in [-0.05, 0) is 83.2 Å². The number of benzene rings is 6. The Morgan fingerprint density at radius 1 is 0.400 bits per heavy atom. The Labute approximate surface area is 231 Å². The third-order valence-electron chi connectivity index (χ3n) is 7.91. The van der Waals surface area contributed by atoms with E-state index in [2.05, 4.69) is 135 Å². The summed E-state index contributed by atoms with van der Waals surface area (Å²) < 4.78 is 4.63. The molecule has 0 unspecified atom stereocenters. The van der Waals surface area contributed by atoms with E-state index in [1.807, 2.05) is 18.2 Å². The van der Waals surface area contributed by atoms with Gasteiger partial charge in [0.1, 0.15) is 0 Å². The van der Waals surface area contributed by atoms with E-state index in [9.17, 15) is 0 Å². The minimum Gasteiger partial charge on any atom is -0.309 e. The number of para-hydroxylation sites is 3. The number of nitrogens with zero attached hydrogens (tertiary/aromatic N) is 3. The summed E-state index contributed by atoms with van der Waals surface area (Å²) >= 11 is 0. The monoisotopic (exact) mass is 509 g/mol. The molecule has 6 aromatic carbocycles. The van der Waals surface area contributed by atoms with Crippen molar-refractivity contribution >= 4 is 49.3 Å². The summed E-state index contributed by atoms with van der Waals surface area (Å²) in [6.45, 7) is 7.60. The SMILES string of the molecule is [C-]#[N+]c1ccc2c(c1)c1cc(-c3ccc4c(c3)c3ccccc3n4-c3ccccc3)ccc1n2-c1ccccc1. The molecule has 0 bridgehead atoms. The van der Waals surface area contributed by atoms with Crippen LogP contribution >= 0.6 is 0 Å². The van der Waals surface area contributed by atoms with Gasteiger partial charge >= 0.3 is 0 Å². The number of aromatic nitrogens is 2. The zero-order chi connectivity index (χ0) is 26.6. The molecule has 0 saturated carbocycles. The minimum absolute atomic E-state index is 0.653. The van der Waals surface area contributed by atoms with Gasteiger partial charge in [0.05, 0.1) is 28.6 Å². The molecule has 186 valence electrons. The van der Waals surface area contributed by atoms with Crippen LogP contribution in [0.1, 0.15) is 0 Å². The molecule has 0 amide bonds. The van der Waals surface area contributed by atoms with Gasteiger partial charge in [0.2, 0.25) is 0 Å². The molecule has 8 rings (SSSR count). The molecule has 2 aromatic heterocycles. The van der Waals surface area contributed by atoms with Crippen LogP contribution in [0, 0.1) is 6.57 Å². The first-order chi connectivity index (χ1) is 19.8. The summed E-state index contributed by atoms with van der Waals surface area (Å²) in [6.07, 6.45) is 0. The largest absolute Gasteiger partial charge is 0.309 e. The second kappa shape index (κ2) is 8.73. The van der Waals surface area contributed by atoms with Gasteiger partial charge in [-0.25, -0.2) is 4.85 Å². The molecule has 0 N–H and O–H groups in total. The molecular formula is C37H23N3. The van der Waals surface area contributed by atoms with Gasteiger partial charge < -0.3 is 9.13 Å². The van der Waals surface area contributed by atoms with Crippen LogP contribution in [-0.2, 0) is 0 Å². The lowest BCUT2D eigenvalue weighted by Gasteiger charge is -2.09. The van der Waals surface area contributed by atoms with E-state index in [4.69, 9.17) is 6.57 Å². The van der Waals surface area contributed by atoms with Gasteiger partial charge in [-0.2, -0.15) is 0 Å². The Balaban J connectivity index is 1.38. The fourth-order valence-electron chi connectivity index (χ4n) is 6.12. The summed E-state index contributed by atoms with van der Waals surface area (Å²) in [5, 5.41) is 4.72. The summed E-state index contributed by atoms with van der Waals surface area (Å²) in [7, 11) is 0. The van der Waals surface area contributed by atoms with Crippen molar-refractivity contribution in [1.29, 1.82) is 0 Å². The van der Waals surface area contributed by atoms with E-state index in [0.29, 0.717) is 5.69 Å². The van der Waals surface area contributed by atoms with Crippen LogP contribution in [0.25, 0.3) is 71.0 Å². The second-order valence-corrected chi connectivity index (χ2v) is 10.1. The van der Waals surface area contributed by atoms with Crippen LogP contribution in [0.4, 0.5) is 5.69 Å². The van der Waals surface area contributed by atoms with Gasteiger partial charge in [0.25, 0.3) is 0 Å². The maximum absolute atomic E-state index is 7.60. The first-order valence-electron chi connectivity index (χ1n) is 13.4. The van der Waals surface area contributed by atoms with E-state index in [-0.39, 0.29) is 0 Å². The Bertz CT molecular complexity index is 2260. The highest BCUT2D eigenvalue weighted by Gasteiger charge is 2.16. The van der Waals surface area contributed by atoms with Gasteiger partial charge in [0.15, 0.2) is 5.69 Å². The highest BCUT2D eigenvalue weighted by atomic mass is 15.0. The maximum atomic E-state index is 7.60. The zero-order valence-corrected chi connectivity index (χ0v) is 21.6. The van der Waals surface area contributed by atoms with Crippen molar-refractivity contribution in [2.24, 2.45) is 0 Å². The summed E-state index contributed by atoms with van der Waals surface area (Å²) in [5.74, 6) is 0. The number of fused-ring (bicyclic) bond motifs is 6. The highest BCUT2D eigenvalue weighted by Crippen LogP contribution is 2.39. The molecule has 0 aliphatic rings. The van der Waals surface area contributed by atoms with Crippen molar-refractivity contribution in [2.45, 2.75) is 0 Å². The Morgan fingerprint density at radius 3 is 1.43 bits per heavy atom. The van der Waals surface area contributed by atoms with E-state index in [1.54, 1.807) is 0 Å². The first kappa shape index (κ1) is 22.4. The molecule has 3 heteroatoms. The van der Waals surface area contributed by atoms with Gasteiger partial charge in [-0.15, -0.1) is 0 Å². The third-order valence-corrected chi connectivity index (χ3v) is 7.91. The summed E-state index contributed by atoms with van der Waals surface area (Å²) in [6, 6.07) is 49.1. The molecule has 3 nitrogen and oxygen atoms in total. The lowest BCUT2D eigenvalue weighted by Crippen LogP contribution is -1.93. The first-order valence-corrected chi connectivity index (χ1v) is 13.4. The number of hydrogen-bond donors (Lipinski definition) is 0. The van der Waals surface area contributed by atoms with E-state index in [0.717, 1.165) is 38.7 Å². The second-order valence-electron chi connectivity index (χ2n) is 10.1. The lowest BCUT2D eigenvalue weighted by molar-refractivity contribution is 1.18. The predicted molar refractivity (Wildman–Crippen MR) is 167 cm³/mol. The fourth-order valence-corrected chi connectivity index (χ4v) is 6.12. The van der Waals surface area contributed by atoms with Crippen molar-refractivity contribution in [3.63, 3.8) is 0 Å². The molecule has 0 aliphatic carbocycles. The van der Waals surface area contributed by atoms with Crippen molar-refractivity contribution < 1.29 is 0 Å². The van der Waals surface area contributed by atoms with Crippen LogP contribution < -0.4 is 0 Å². The molecule has 40 heavy (non-hydrogen) atoms. The van der Waals surface area contributed by atoms with Crippen molar-refractivity contribution in [1.82, 2.24) is 9.13 Å². The molecule has 0 atom stereocenters. The van der Waals surface area contributed by atoms with Crippen molar-refractivity contribution in [3.8, 4) is 22.5 Å². The number of rotatable bonds is 3. The molecule has 0 fully saturated rings. The average Bonchev–Trinajstić information content (AvgIpc) is 3.53. The van der Waals surface area contributed by atoms with E-state index >= 15 is 0 Å². The van der Waals surface area contributed by atoms with Crippen molar-refractivity contribution in [3.05, 3.63) is 151 Å². The average molecular weight is 510 g/mol. The van der Waals surface area contributed by atoms with Crippen molar-refractivity contribution in [2.75, 3.05) is 0 Å². The van der Waals surface area contributed by atoms with Crippen LogP contribution in [-0.4, -0.2) is 9.13 Å². The van der Waals surface area contributed by atoms with Crippen LogP contribution in [0.2, 0.25) is 0 Å². The third kappa shape index (κ3) is 3.30. The van der Waals surface area contributed by atoms with E-state index < -0.39 is 0 Å². The van der Waals surface area contributed by atoms with Gasteiger partial charge in [-0.3, -0.25) is 0 Å². The molecule has 2 heterocycles. The van der Waals surface area contributed by atoms with Crippen LogP contribution in [0.15, 0.2) is 140 Å². The highest BCUT2D eigenvalue weighted by molar-refractivity contribution is 6.13. The maximum Gasteiger partial charge on any atom is 0.188 e. The zero-order valence-electron chi connectivity index (χ0n) is 21.6. The van der Waals surface area contributed by atoms with Gasteiger partial charge in [-0.1, -0.05) is 72.8 Å². The number of hydrogen-bond acceptors (Lipinski definition) is 0. The van der Waals surface area contributed by atoms with Crippen LogP contribution in [0.3, 0.4) is 0 Å². The molecule has 8 aromatic rings. The molecular weight excluding hydrogens is 486 g/mol. The molecule has 0 spiro atoms. The molecule has 0 radical (unpaired) electrons. The van der Waals surface area contributed by atoms with Crippen LogP contribution in [0.5, 0.6) is 0 Å². The minimum atomic E-state index is 0.653. The Hall–Kier alpha value is -5.59. The smallest absolute Gasteiger partial charge is 0.188 e. The Kier molecular flexibility index (Phi) is 4.89. The summed E-state index contributed by atoms with van der Waals surface area (Å²) in [5.41, 5.74) is 9.89. The summed E-state index contributed by atoms with van der Waals surface area (Å²) in [4.78, 5) is 3.72. The quantitative estimate of drug-likeness (QED) is 0.210. The van der Waals surface area contributed by atoms with Gasteiger partial charge in [0, 0.05) is 27.5 Å². The fraction of sp³-hybridized carbons (Fsp3) is 0. The lowest BCUT2D eigenvalue weighted by atomic mass is 10.0. The standard InChI is InChI=1S/C37H23N3/c1-38-27-18-21-37-33(24-27)32-23-26(17-20-36(32)40(37)29-12-6-3-7-13-29)25-16-19-35-31(22-25)30-14-8-9-15-34(30)39(35)28-10-4-2-5-11-28/h2-24H. The normalized spacial score (nSPS) is 11.5. The predicted octanol–water partition coefficient (Wildman–Crippen LogP) is 10.1. The Morgan fingerprint density at radius 2 is 0.850 bits per heavy atom. The topological polar surface area (TPSA) is 14.2 Å². The van der Waals surface area contributed by atoms with E-state index in [1.165, 1.54) is 27.4 Å². The molecule has 0 saturated heterocycles. The molecule has 0 aliphatic heterocycles.